The largest absolute Gasteiger partial charge is 0.312 e. The zero-order chi connectivity index (χ0) is 14.3. The van der Waals surface area contributed by atoms with Crippen molar-refractivity contribution in [2.24, 2.45) is 16.7 Å². The molecule has 2 rings (SSSR count). The number of nitrogens with one attached hydrogen (secondary N) is 1. The first-order valence-corrected chi connectivity index (χ1v) is 7.01. The smallest absolute Gasteiger partial charge is 0.0991 e. The molecular weight excluding hydrogens is 232 g/mol. The number of nitrogens with zero attached hydrogens (tertiary/aromatic N) is 1. The first kappa shape index (κ1) is 14.1. The van der Waals surface area contributed by atoms with Gasteiger partial charge in [0.1, 0.15) is 0 Å². The summed E-state index contributed by atoms with van der Waals surface area (Å²) in [5, 5.41) is 12.4. The number of aryl methyl sites for hydroxylation is 1. The van der Waals surface area contributed by atoms with Gasteiger partial charge in [0, 0.05) is 6.54 Å². The second-order valence-corrected chi connectivity index (χ2v) is 6.88. The van der Waals surface area contributed by atoms with E-state index in [0.29, 0.717) is 10.8 Å². The molecule has 0 radical (unpaired) electrons. The molecule has 1 N–H and O–H groups in total. The molecule has 0 bridgehead atoms. The van der Waals surface area contributed by atoms with Crippen LogP contribution in [0.3, 0.4) is 0 Å². The molecule has 1 aliphatic rings. The van der Waals surface area contributed by atoms with Crippen LogP contribution in [0.15, 0.2) is 18.2 Å². The Bertz CT molecular complexity index is 507. The highest BCUT2D eigenvalue weighted by molar-refractivity contribution is 5.37. The van der Waals surface area contributed by atoms with E-state index in [-0.39, 0.29) is 0 Å². The van der Waals surface area contributed by atoms with E-state index < -0.39 is 0 Å². The Kier molecular flexibility index (Phi) is 3.45. The predicted molar refractivity (Wildman–Crippen MR) is 78.7 cm³/mol. The average molecular weight is 256 g/mol. The molecular formula is C17H24N2. The summed E-state index contributed by atoms with van der Waals surface area (Å²) in [5.41, 5.74) is 4.11. The third kappa shape index (κ3) is 2.40. The number of benzene rings is 1. The minimum absolute atomic E-state index is 0.444. The van der Waals surface area contributed by atoms with E-state index in [4.69, 9.17) is 5.26 Å². The lowest BCUT2D eigenvalue weighted by molar-refractivity contribution is 0.457. The highest BCUT2D eigenvalue weighted by atomic mass is 14.9. The first-order valence-electron chi connectivity index (χ1n) is 7.01. The summed E-state index contributed by atoms with van der Waals surface area (Å²) in [4.78, 5) is 0. The molecule has 0 atom stereocenters. The summed E-state index contributed by atoms with van der Waals surface area (Å²) in [5.74, 6) is 0.749. The molecule has 1 fully saturated rings. The van der Waals surface area contributed by atoms with Gasteiger partial charge in [-0.3, -0.25) is 0 Å². The van der Waals surface area contributed by atoms with Gasteiger partial charge in [0.2, 0.25) is 0 Å². The van der Waals surface area contributed by atoms with Crippen LogP contribution >= 0.6 is 0 Å². The number of hydrogen-bond donors (Lipinski definition) is 1. The lowest BCUT2D eigenvalue weighted by atomic mass is 10.0. The molecule has 0 saturated heterocycles. The van der Waals surface area contributed by atoms with Crippen LogP contribution in [-0.2, 0) is 6.54 Å². The quantitative estimate of drug-likeness (QED) is 0.892. The topological polar surface area (TPSA) is 35.8 Å². The molecule has 0 amide bonds. The Labute approximate surface area is 116 Å². The van der Waals surface area contributed by atoms with Gasteiger partial charge in [-0.1, -0.05) is 33.8 Å². The van der Waals surface area contributed by atoms with E-state index in [9.17, 15) is 0 Å². The monoisotopic (exact) mass is 256 g/mol. The van der Waals surface area contributed by atoms with Crippen LogP contribution in [0.1, 0.15) is 44.4 Å². The molecule has 0 aliphatic heterocycles. The Balaban J connectivity index is 1.90. The van der Waals surface area contributed by atoms with Gasteiger partial charge < -0.3 is 5.32 Å². The lowest BCUT2D eigenvalue weighted by Gasteiger charge is -2.09. The first-order chi connectivity index (χ1) is 8.80. The van der Waals surface area contributed by atoms with Crippen LogP contribution in [-0.4, -0.2) is 6.54 Å². The second-order valence-electron chi connectivity index (χ2n) is 6.88. The minimum Gasteiger partial charge on any atom is -0.312 e. The molecule has 19 heavy (non-hydrogen) atoms. The summed E-state index contributed by atoms with van der Waals surface area (Å²) in [6.07, 6.45) is 0. The molecule has 1 aromatic rings. The maximum absolute atomic E-state index is 8.86. The highest BCUT2D eigenvalue weighted by Gasteiger charge is 2.63. The predicted octanol–water partition coefficient (Wildman–Crippen LogP) is 3.64. The second kappa shape index (κ2) is 4.65. The summed E-state index contributed by atoms with van der Waals surface area (Å²) in [6, 6.07) is 8.10. The van der Waals surface area contributed by atoms with Crippen molar-refractivity contribution in [2.75, 3.05) is 6.54 Å². The maximum Gasteiger partial charge on any atom is 0.0991 e. The van der Waals surface area contributed by atoms with Gasteiger partial charge >= 0.3 is 0 Å². The molecule has 0 aromatic heterocycles. The SMILES string of the molecule is Cc1cc(C#N)ccc1CNCC1C(C)(C)C1(C)C. The van der Waals surface area contributed by atoms with Crippen LogP contribution in [0.4, 0.5) is 0 Å². The van der Waals surface area contributed by atoms with Crippen LogP contribution < -0.4 is 5.32 Å². The third-order valence-electron chi connectivity index (χ3n) is 5.46. The van der Waals surface area contributed by atoms with E-state index in [1.54, 1.807) is 0 Å². The van der Waals surface area contributed by atoms with E-state index in [1.807, 2.05) is 12.1 Å². The zero-order valence-corrected chi connectivity index (χ0v) is 12.7. The Morgan fingerprint density at radius 1 is 1.21 bits per heavy atom. The molecule has 0 spiro atoms. The molecule has 2 heteroatoms. The van der Waals surface area contributed by atoms with E-state index >= 15 is 0 Å². The molecule has 1 aliphatic carbocycles. The Hall–Kier alpha value is -1.33. The summed E-state index contributed by atoms with van der Waals surface area (Å²) in [6.45, 7) is 13.4. The van der Waals surface area contributed by atoms with Gasteiger partial charge in [-0.25, -0.2) is 0 Å². The fourth-order valence-electron chi connectivity index (χ4n) is 3.16. The van der Waals surface area contributed by atoms with Crippen molar-refractivity contribution in [2.45, 2.75) is 41.2 Å². The summed E-state index contributed by atoms with van der Waals surface area (Å²) < 4.78 is 0. The molecule has 2 nitrogen and oxygen atoms in total. The Morgan fingerprint density at radius 3 is 2.32 bits per heavy atom. The van der Waals surface area contributed by atoms with Gasteiger partial charge in [0.25, 0.3) is 0 Å². The van der Waals surface area contributed by atoms with Gasteiger partial charge in [-0.05, 0) is 53.5 Å². The third-order valence-corrected chi connectivity index (χ3v) is 5.46. The molecule has 0 heterocycles. The molecule has 0 unspecified atom stereocenters. The fraction of sp³-hybridized carbons (Fsp3) is 0.588. The molecule has 102 valence electrons. The van der Waals surface area contributed by atoms with E-state index in [0.717, 1.165) is 24.6 Å². The van der Waals surface area contributed by atoms with E-state index in [1.165, 1.54) is 11.1 Å². The lowest BCUT2D eigenvalue weighted by Crippen LogP contribution is -2.19. The maximum atomic E-state index is 8.86. The normalized spacial score (nSPS) is 20.0. The fourth-order valence-corrected chi connectivity index (χ4v) is 3.16. The number of hydrogen-bond acceptors (Lipinski definition) is 2. The Morgan fingerprint density at radius 2 is 1.84 bits per heavy atom. The van der Waals surface area contributed by atoms with E-state index in [2.05, 4.69) is 52.1 Å². The average Bonchev–Trinajstić information content (AvgIpc) is 2.73. The van der Waals surface area contributed by atoms with Gasteiger partial charge in [0.15, 0.2) is 0 Å². The van der Waals surface area contributed by atoms with Crippen LogP contribution in [0.5, 0.6) is 0 Å². The standard InChI is InChI=1S/C17H24N2/c1-12-8-13(9-18)6-7-14(12)10-19-11-15-16(2,3)17(15,4)5/h6-8,15,19H,10-11H2,1-5H3. The van der Waals surface area contributed by atoms with Crippen molar-refractivity contribution in [3.05, 3.63) is 34.9 Å². The van der Waals surface area contributed by atoms with Crippen molar-refractivity contribution >= 4 is 0 Å². The van der Waals surface area contributed by atoms with Crippen molar-refractivity contribution in [1.29, 1.82) is 5.26 Å². The van der Waals surface area contributed by atoms with Crippen LogP contribution in [0.25, 0.3) is 0 Å². The van der Waals surface area contributed by atoms with Crippen LogP contribution in [0, 0.1) is 35.0 Å². The minimum atomic E-state index is 0.444. The van der Waals surface area contributed by atoms with Crippen molar-refractivity contribution in [3.63, 3.8) is 0 Å². The van der Waals surface area contributed by atoms with Gasteiger partial charge in [0.05, 0.1) is 11.6 Å². The van der Waals surface area contributed by atoms with Crippen LogP contribution in [0.2, 0.25) is 0 Å². The van der Waals surface area contributed by atoms with Gasteiger partial charge in [-0.15, -0.1) is 0 Å². The number of rotatable bonds is 4. The van der Waals surface area contributed by atoms with Crippen molar-refractivity contribution in [1.82, 2.24) is 5.32 Å². The number of nitriles is 1. The zero-order valence-electron chi connectivity index (χ0n) is 12.7. The molecule has 1 aromatic carbocycles. The highest BCUT2D eigenvalue weighted by Crippen LogP contribution is 2.67. The molecule has 1 saturated carbocycles. The summed E-state index contributed by atoms with van der Waals surface area (Å²) >= 11 is 0. The van der Waals surface area contributed by atoms with Gasteiger partial charge in [-0.2, -0.15) is 5.26 Å². The van der Waals surface area contributed by atoms with Crippen molar-refractivity contribution < 1.29 is 0 Å². The van der Waals surface area contributed by atoms with Crippen molar-refractivity contribution in [3.8, 4) is 6.07 Å². The summed E-state index contributed by atoms with van der Waals surface area (Å²) in [7, 11) is 0.